The zero-order valence-corrected chi connectivity index (χ0v) is 19.9. The number of hydrogen-bond acceptors (Lipinski definition) is 6. The summed E-state index contributed by atoms with van der Waals surface area (Å²) in [6.45, 7) is -0.553. The highest BCUT2D eigenvalue weighted by Crippen LogP contribution is 2.29. The summed E-state index contributed by atoms with van der Waals surface area (Å²) in [4.78, 5) is 47.5. The maximum Gasteiger partial charge on any atom is 0.306 e. The van der Waals surface area contributed by atoms with E-state index < -0.39 is 24.4 Å². The molecule has 0 aromatic heterocycles. The molecule has 9 nitrogen and oxygen atoms in total. The van der Waals surface area contributed by atoms with Crippen molar-refractivity contribution in [3.63, 3.8) is 0 Å². The van der Waals surface area contributed by atoms with E-state index in [9.17, 15) is 19.2 Å². The number of amides is 3. The number of carbonyl (C=O) groups excluding carboxylic acids is 4. The lowest BCUT2D eigenvalue weighted by Gasteiger charge is -2.09. The van der Waals surface area contributed by atoms with E-state index in [1.54, 1.807) is 72.8 Å². The van der Waals surface area contributed by atoms with E-state index in [0.29, 0.717) is 27.8 Å². The van der Waals surface area contributed by atoms with Gasteiger partial charge in [0.2, 0.25) is 5.91 Å². The molecule has 3 N–H and O–H groups in total. The van der Waals surface area contributed by atoms with E-state index in [1.807, 2.05) is 6.07 Å². The molecule has 3 amide bonds. The van der Waals surface area contributed by atoms with Crippen molar-refractivity contribution in [3.8, 4) is 11.5 Å². The highest BCUT2D eigenvalue weighted by molar-refractivity contribution is 6.32. The van der Waals surface area contributed by atoms with Gasteiger partial charge in [0.05, 0.1) is 5.02 Å². The van der Waals surface area contributed by atoms with Crippen LogP contribution in [0.2, 0.25) is 5.02 Å². The molecular formula is C26H24ClN3O6. The first-order valence-electron chi connectivity index (χ1n) is 11.0. The second kappa shape index (κ2) is 13.5. The summed E-state index contributed by atoms with van der Waals surface area (Å²) in [6.07, 6.45) is 0.290. The van der Waals surface area contributed by atoms with E-state index in [2.05, 4.69) is 16.2 Å². The second-order valence-electron chi connectivity index (χ2n) is 7.49. The van der Waals surface area contributed by atoms with Gasteiger partial charge in [0.1, 0.15) is 11.5 Å². The Bertz CT molecular complexity index is 1200. The Balaban J connectivity index is 1.29. The first-order valence-corrected chi connectivity index (χ1v) is 11.4. The molecule has 10 heteroatoms. The number of hydrogen-bond donors (Lipinski definition) is 3. The maximum absolute atomic E-state index is 12.1. The Morgan fingerprint density at radius 2 is 1.44 bits per heavy atom. The summed E-state index contributed by atoms with van der Waals surface area (Å²) < 4.78 is 10.6. The number of esters is 1. The molecule has 3 rings (SSSR count). The second-order valence-corrected chi connectivity index (χ2v) is 7.89. The van der Waals surface area contributed by atoms with Crippen LogP contribution in [-0.2, 0) is 19.1 Å². The van der Waals surface area contributed by atoms with E-state index in [1.165, 1.54) is 0 Å². The molecule has 36 heavy (non-hydrogen) atoms. The van der Waals surface area contributed by atoms with E-state index in [-0.39, 0.29) is 25.2 Å². The number of hydrazine groups is 1. The lowest BCUT2D eigenvalue weighted by molar-refractivity contribution is -0.148. The Labute approximate surface area is 212 Å². The van der Waals surface area contributed by atoms with E-state index in [4.69, 9.17) is 21.1 Å². The van der Waals surface area contributed by atoms with Crippen LogP contribution in [-0.4, -0.2) is 30.3 Å². The van der Waals surface area contributed by atoms with Gasteiger partial charge in [-0.05, 0) is 55.0 Å². The Morgan fingerprint density at radius 1 is 0.750 bits per heavy atom. The van der Waals surface area contributed by atoms with Crippen LogP contribution in [0.3, 0.4) is 0 Å². The normalized spacial score (nSPS) is 10.1. The van der Waals surface area contributed by atoms with Gasteiger partial charge in [-0.15, -0.1) is 0 Å². The fraction of sp³-hybridized carbons (Fsp3) is 0.154. The molecule has 3 aromatic rings. The van der Waals surface area contributed by atoms with Gasteiger partial charge in [0.15, 0.2) is 6.61 Å². The predicted molar refractivity (Wildman–Crippen MR) is 133 cm³/mol. The third kappa shape index (κ3) is 8.77. The average Bonchev–Trinajstić information content (AvgIpc) is 2.89. The summed E-state index contributed by atoms with van der Waals surface area (Å²) in [6, 6.07) is 22.2. The number of ether oxygens (including phenoxy) is 2. The van der Waals surface area contributed by atoms with Gasteiger partial charge in [-0.2, -0.15) is 0 Å². The molecule has 3 aromatic carbocycles. The SMILES string of the molecule is O=C(COC(=O)CCCC(=O)Nc1ccc(Oc2ccccc2Cl)cc1)NNC(=O)c1ccccc1. The zero-order chi connectivity index (χ0) is 25.8. The third-order valence-corrected chi connectivity index (χ3v) is 5.02. The largest absolute Gasteiger partial charge is 0.456 e. The number of benzene rings is 3. The van der Waals surface area contributed by atoms with Crippen molar-refractivity contribution < 1.29 is 28.7 Å². The van der Waals surface area contributed by atoms with Gasteiger partial charge in [0.25, 0.3) is 11.8 Å². The predicted octanol–water partition coefficient (Wildman–Crippen LogP) is 4.25. The van der Waals surface area contributed by atoms with Gasteiger partial charge in [-0.3, -0.25) is 30.0 Å². The molecule has 0 aliphatic heterocycles. The van der Waals surface area contributed by atoms with Gasteiger partial charge < -0.3 is 14.8 Å². The van der Waals surface area contributed by atoms with Crippen LogP contribution in [0.5, 0.6) is 11.5 Å². The molecule has 0 spiro atoms. The van der Waals surface area contributed by atoms with Crippen LogP contribution in [0, 0.1) is 0 Å². The quantitative estimate of drug-likeness (QED) is 0.277. The standard InChI is InChI=1S/C26H24ClN3O6/c27-21-9-4-5-10-22(21)36-20-15-13-19(14-16-20)28-23(31)11-6-12-25(33)35-17-24(32)29-30-26(34)18-7-2-1-3-8-18/h1-5,7-10,13-16H,6,11-12,17H2,(H,28,31)(H,29,32)(H,30,34). The van der Waals surface area contributed by atoms with Crippen molar-refractivity contribution in [1.82, 2.24) is 10.9 Å². The lowest BCUT2D eigenvalue weighted by Crippen LogP contribution is -2.43. The van der Waals surface area contributed by atoms with E-state index >= 15 is 0 Å². The van der Waals surface area contributed by atoms with Crippen molar-refractivity contribution in [1.29, 1.82) is 0 Å². The zero-order valence-electron chi connectivity index (χ0n) is 19.2. The number of rotatable bonds is 10. The number of nitrogens with one attached hydrogen (secondary N) is 3. The fourth-order valence-electron chi connectivity index (χ4n) is 2.92. The van der Waals surface area contributed by atoms with Gasteiger partial charge in [0, 0.05) is 24.1 Å². The molecule has 0 saturated carbocycles. The van der Waals surface area contributed by atoms with Crippen molar-refractivity contribution in [2.75, 3.05) is 11.9 Å². The van der Waals surface area contributed by atoms with Crippen LogP contribution in [0.25, 0.3) is 0 Å². The molecule has 0 bridgehead atoms. The monoisotopic (exact) mass is 509 g/mol. The number of anilines is 1. The van der Waals surface area contributed by atoms with Crippen molar-refractivity contribution >= 4 is 41.0 Å². The summed E-state index contributed by atoms with van der Waals surface area (Å²) >= 11 is 6.08. The summed E-state index contributed by atoms with van der Waals surface area (Å²) in [5.41, 5.74) is 5.33. The lowest BCUT2D eigenvalue weighted by atomic mass is 10.2. The smallest absolute Gasteiger partial charge is 0.306 e. The molecule has 0 fully saturated rings. The van der Waals surface area contributed by atoms with Crippen LogP contribution in [0.15, 0.2) is 78.9 Å². The Hall–Kier alpha value is -4.37. The number of halogens is 1. The van der Waals surface area contributed by atoms with Crippen LogP contribution in [0.4, 0.5) is 5.69 Å². The summed E-state index contributed by atoms with van der Waals surface area (Å²) in [5, 5.41) is 3.22. The first-order chi connectivity index (χ1) is 17.4. The number of para-hydroxylation sites is 1. The Kier molecular flexibility index (Phi) is 9.84. The van der Waals surface area contributed by atoms with Crippen LogP contribution < -0.4 is 20.9 Å². The Morgan fingerprint density at radius 3 is 2.17 bits per heavy atom. The molecule has 0 radical (unpaired) electrons. The van der Waals surface area contributed by atoms with Gasteiger partial charge in [-0.1, -0.05) is 41.9 Å². The minimum Gasteiger partial charge on any atom is -0.456 e. The first kappa shape index (κ1) is 26.2. The van der Waals surface area contributed by atoms with E-state index in [0.717, 1.165) is 0 Å². The highest BCUT2D eigenvalue weighted by Gasteiger charge is 2.11. The fourth-order valence-corrected chi connectivity index (χ4v) is 3.09. The van der Waals surface area contributed by atoms with Gasteiger partial charge in [-0.25, -0.2) is 0 Å². The summed E-state index contributed by atoms with van der Waals surface area (Å²) in [5.74, 6) is -1.00. The van der Waals surface area contributed by atoms with Gasteiger partial charge >= 0.3 is 5.97 Å². The molecule has 186 valence electrons. The molecule has 0 unspecified atom stereocenters. The molecule has 0 atom stereocenters. The number of carbonyl (C=O) groups is 4. The molecule has 0 aliphatic rings. The minimum absolute atomic E-state index is 0.0400. The van der Waals surface area contributed by atoms with Crippen LogP contribution >= 0.6 is 11.6 Å². The minimum atomic E-state index is -0.688. The van der Waals surface area contributed by atoms with Crippen molar-refractivity contribution in [2.45, 2.75) is 19.3 Å². The maximum atomic E-state index is 12.1. The average molecular weight is 510 g/mol. The molecule has 0 aliphatic carbocycles. The molecule has 0 saturated heterocycles. The third-order valence-electron chi connectivity index (χ3n) is 4.70. The molecular weight excluding hydrogens is 486 g/mol. The summed E-state index contributed by atoms with van der Waals surface area (Å²) in [7, 11) is 0. The van der Waals surface area contributed by atoms with Crippen molar-refractivity contribution in [3.05, 3.63) is 89.4 Å². The topological polar surface area (TPSA) is 123 Å². The molecule has 0 heterocycles. The van der Waals surface area contributed by atoms with Crippen LogP contribution in [0.1, 0.15) is 29.6 Å². The highest BCUT2D eigenvalue weighted by atomic mass is 35.5. The van der Waals surface area contributed by atoms with Crippen molar-refractivity contribution in [2.24, 2.45) is 0 Å².